The molecule has 0 radical (unpaired) electrons. The summed E-state index contributed by atoms with van der Waals surface area (Å²) < 4.78 is 1.25. The molecule has 3 heteroatoms. The molecular formula is C12H18BrNS. The number of hydrogen-bond acceptors (Lipinski definition) is 2. The predicted octanol–water partition coefficient (Wildman–Crippen LogP) is 3.69. The van der Waals surface area contributed by atoms with Gasteiger partial charge in [0.1, 0.15) is 0 Å². The van der Waals surface area contributed by atoms with Gasteiger partial charge in [-0.25, -0.2) is 0 Å². The highest BCUT2D eigenvalue weighted by molar-refractivity contribution is 9.11. The number of nitrogens with one attached hydrogen (secondary N) is 1. The van der Waals surface area contributed by atoms with E-state index in [1.807, 2.05) is 11.3 Å². The van der Waals surface area contributed by atoms with Gasteiger partial charge in [0.05, 0.1) is 3.79 Å². The summed E-state index contributed by atoms with van der Waals surface area (Å²) in [4.78, 5) is 1.49. The zero-order valence-electron chi connectivity index (χ0n) is 9.29. The Balaban J connectivity index is 1.94. The van der Waals surface area contributed by atoms with Crippen LogP contribution in [0.15, 0.2) is 15.9 Å². The fourth-order valence-corrected chi connectivity index (χ4v) is 3.77. The van der Waals surface area contributed by atoms with Gasteiger partial charge in [0.2, 0.25) is 0 Å². The number of thiophene rings is 1. The van der Waals surface area contributed by atoms with Crippen LogP contribution in [0.1, 0.15) is 25.1 Å². The van der Waals surface area contributed by atoms with Gasteiger partial charge in [-0.05, 0) is 59.3 Å². The van der Waals surface area contributed by atoms with E-state index in [2.05, 4.69) is 47.2 Å². The third-order valence-corrected chi connectivity index (χ3v) is 4.85. The van der Waals surface area contributed by atoms with E-state index in [1.54, 1.807) is 0 Å². The molecule has 1 nitrogen and oxygen atoms in total. The van der Waals surface area contributed by atoms with Gasteiger partial charge in [0.15, 0.2) is 0 Å². The Hall–Kier alpha value is 0.140. The van der Waals surface area contributed by atoms with Crippen LogP contribution >= 0.6 is 27.3 Å². The number of likely N-dealkylation sites (N-methyl/N-ethyl adjacent to an activating group) is 1. The minimum absolute atomic E-state index is 0.690. The monoisotopic (exact) mass is 287 g/mol. The maximum atomic E-state index is 3.62. The minimum Gasteiger partial charge on any atom is -0.314 e. The van der Waals surface area contributed by atoms with Crippen molar-refractivity contribution in [3.8, 4) is 0 Å². The van der Waals surface area contributed by atoms with E-state index in [0.717, 1.165) is 18.4 Å². The van der Waals surface area contributed by atoms with Crippen molar-refractivity contribution in [2.24, 2.45) is 11.8 Å². The van der Waals surface area contributed by atoms with Gasteiger partial charge in [-0.15, -0.1) is 11.3 Å². The molecule has 1 fully saturated rings. The molecule has 1 aliphatic carbocycles. The molecule has 0 amide bonds. The average molecular weight is 288 g/mol. The van der Waals surface area contributed by atoms with Crippen LogP contribution < -0.4 is 5.32 Å². The van der Waals surface area contributed by atoms with Crippen LogP contribution in [-0.2, 0) is 6.42 Å². The number of halogens is 1. The summed E-state index contributed by atoms with van der Waals surface area (Å²) >= 11 is 5.39. The maximum absolute atomic E-state index is 3.62. The topological polar surface area (TPSA) is 12.0 Å². The minimum atomic E-state index is 0.690. The zero-order chi connectivity index (χ0) is 10.8. The first-order chi connectivity index (χ1) is 7.20. The van der Waals surface area contributed by atoms with Crippen molar-refractivity contribution < 1.29 is 0 Å². The quantitative estimate of drug-likeness (QED) is 0.871. The fourth-order valence-electron chi connectivity index (χ4n) is 2.23. The lowest BCUT2D eigenvalue weighted by Gasteiger charge is -2.16. The summed E-state index contributed by atoms with van der Waals surface area (Å²) in [5.74, 6) is 1.84. The SMILES string of the molecule is CCNC(Cc1ccc(Br)s1)C1CC1C. The van der Waals surface area contributed by atoms with E-state index in [0.29, 0.717) is 6.04 Å². The number of hydrogen-bond donors (Lipinski definition) is 1. The summed E-state index contributed by atoms with van der Waals surface area (Å²) in [6.45, 7) is 5.64. The smallest absolute Gasteiger partial charge is 0.0701 e. The highest BCUT2D eigenvalue weighted by Crippen LogP contribution is 2.42. The molecule has 0 aliphatic heterocycles. The lowest BCUT2D eigenvalue weighted by Crippen LogP contribution is -2.33. The Morgan fingerprint density at radius 3 is 2.80 bits per heavy atom. The Bertz CT molecular complexity index is 323. The highest BCUT2D eigenvalue weighted by atomic mass is 79.9. The molecule has 0 bridgehead atoms. The standard InChI is InChI=1S/C12H18BrNS/c1-3-14-11(10-6-8(10)2)7-9-4-5-12(13)15-9/h4-5,8,10-11,14H,3,6-7H2,1-2H3. The van der Waals surface area contributed by atoms with E-state index in [1.165, 1.54) is 21.5 Å². The Kier molecular flexibility index (Phi) is 3.86. The molecule has 3 unspecified atom stereocenters. The van der Waals surface area contributed by atoms with Gasteiger partial charge in [-0.2, -0.15) is 0 Å². The van der Waals surface area contributed by atoms with Crippen molar-refractivity contribution in [2.75, 3.05) is 6.54 Å². The van der Waals surface area contributed by atoms with Crippen molar-refractivity contribution in [3.63, 3.8) is 0 Å². The van der Waals surface area contributed by atoms with Crippen LogP contribution in [0.5, 0.6) is 0 Å². The predicted molar refractivity (Wildman–Crippen MR) is 70.5 cm³/mol. The van der Waals surface area contributed by atoms with E-state index in [4.69, 9.17) is 0 Å². The molecule has 1 aromatic rings. The second-order valence-electron chi connectivity index (χ2n) is 4.45. The molecule has 84 valence electrons. The van der Waals surface area contributed by atoms with Crippen molar-refractivity contribution in [1.82, 2.24) is 5.32 Å². The number of rotatable bonds is 5. The summed E-state index contributed by atoms with van der Waals surface area (Å²) in [5.41, 5.74) is 0. The largest absolute Gasteiger partial charge is 0.314 e. The van der Waals surface area contributed by atoms with E-state index >= 15 is 0 Å². The summed E-state index contributed by atoms with van der Waals surface area (Å²) in [6.07, 6.45) is 2.60. The molecule has 1 saturated carbocycles. The fraction of sp³-hybridized carbons (Fsp3) is 0.667. The third-order valence-electron chi connectivity index (χ3n) is 3.20. The van der Waals surface area contributed by atoms with E-state index in [9.17, 15) is 0 Å². The van der Waals surface area contributed by atoms with Gasteiger partial charge in [-0.3, -0.25) is 0 Å². The molecule has 1 heterocycles. The van der Waals surface area contributed by atoms with Crippen molar-refractivity contribution in [2.45, 2.75) is 32.7 Å². The van der Waals surface area contributed by atoms with Crippen LogP contribution in [0, 0.1) is 11.8 Å². The first kappa shape index (κ1) is 11.6. The maximum Gasteiger partial charge on any atom is 0.0701 e. The van der Waals surface area contributed by atoms with Gasteiger partial charge in [0.25, 0.3) is 0 Å². The molecule has 0 saturated heterocycles. The van der Waals surface area contributed by atoms with Gasteiger partial charge < -0.3 is 5.32 Å². The second kappa shape index (κ2) is 4.98. The summed E-state index contributed by atoms with van der Waals surface area (Å²) in [6, 6.07) is 5.08. The zero-order valence-corrected chi connectivity index (χ0v) is 11.7. The Morgan fingerprint density at radius 2 is 2.33 bits per heavy atom. The van der Waals surface area contributed by atoms with E-state index < -0.39 is 0 Å². The Labute approximate surface area is 104 Å². The van der Waals surface area contributed by atoms with Crippen molar-refractivity contribution in [3.05, 3.63) is 20.8 Å². The van der Waals surface area contributed by atoms with Gasteiger partial charge >= 0.3 is 0 Å². The molecule has 3 atom stereocenters. The molecular weight excluding hydrogens is 270 g/mol. The first-order valence-electron chi connectivity index (χ1n) is 5.68. The van der Waals surface area contributed by atoms with E-state index in [-0.39, 0.29) is 0 Å². The van der Waals surface area contributed by atoms with Crippen LogP contribution in [0.25, 0.3) is 0 Å². The van der Waals surface area contributed by atoms with Crippen LogP contribution in [0.2, 0.25) is 0 Å². The molecule has 0 spiro atoms. The summed E-state index contributed by atoms with van der Waals surface area (Å²) in [7, 11) is 0. The van der Waals surface area contributed by atoms with Crippen molar-refractivity contribution >= 4 is 27.3 Å². The van der Waals surface area contributed by atoms with Crippen LogP contribution in [-0.4, -0.2) is 12.6 Å². The molecule has 1 aromatic heterocycles. The third kappa shape index (κ3) is 3.05. The molecule has 1 N–H and O–H groups in total. The van der Waals surface area contributed by atoms with Crippen LogP contribution in [0.4, 0.5) is 0 Å². The van der Waals surface area contributed by atoms with Crippen molar-refractivity contribution in [1.29, 1.82) is 0 Å². The second-order valence-corrected chi connectivity index (χ2v) is 7.00. The Morgan fingerprint density at radius 1 is 1.60 bits per heavy atom. The average Bonchev–Trinajstić information content (AvgIpc) is 2.77. The highest BCUT2D eigenvalue weighted by Gasteiger charge is 2.38. The lowest BCUT2D eigenvalue weighted by molar-refractivity contribution is 0.457. The first-order valence-corrected chi connectivity index (χ1v) is 7.29. The normalized spacial score (nSPS) is 26.6. The molecule has 2 rings (SSSR count). The van der Waals surface area contributed by atoms with Gasteiger partial charge in [0, 0.05) is 10.9 Å². The molecule has 1 aliphatic rings. The van der Waals surface area contributed by atoms with Crippen LogP contribution in [0.3, 0.4) is 0 Å². The molecule has 15 heavy (non-hydrogen) atoms. The lowest BCUT2D eigenvalue weighted by atomic mass is 10.1. The summed E-state index contributed by atoms with van der Waals surface area (Å²) in [5, 5.41) is 3.62. The van der Waals surface area contributed by atoms with Gasteiger partial charge in [-0.1, -0.05) is 13.8 Å². The molecule has 0 aromatic carbocycles.